The predicted octanol–water partition coefficient (Wildman–Crippen LogP) is 2.73. The molecule has 0 atom stereocenters. The van der Waals surface area contributed by atoms with Gasteiger partial charge in [-0.1, -0.05) is 12.1 Å². The van der Waals surface area contributed by atoms with Gasteiger partial charge in [-0.3, -0.25) is 4.98 Å². The van der Waals surface area contributed by atoms with E-state index in [1.807, 2.05) is 37.3 Å². The summed E-state index contributed by atoms with van der Waals surface area (Å²) in [6.45, 7) is 2.59. The highest BCUT2D eigenvalue weighted by Crippen LogP contribution is 2.23. The first kappa shape index (κ1) is 10.5. The normalized spacial score (nSPS) is 10.1. The van der Waals surface area contributed by atoms with Gasteiger partial charge >= 0.3 is 0 Å². The van der Waals surface area contributed by atoms with Crippen LogP contribution >= 0.6 is 0 Å². The molecule has 0 fully saturated rings. The van der Waals surface area contributed by atoms with Crippen molar-refractivity contribution in [1.82, 2.24) is 4.98 Å². The molecule has 0 aliphatic heterocycles. The minimum atomic E-state index is 0.641. The van der Waals surface area contributed by atoms with Crippen molar-refractivity contribution in [3.63, 3.8) is 0 Å². The average molecular weight is 214 g/mol. The Hall–Kier alpha value is -2.03. The van der Waals surface area contributed by atoms with E-state index in [2.05, 4.69) is 4.98 Å². The van der Waals surface area contributed by atoms with E-state index in [9.17, 15) is 0 Å². The molecule has 2 aromatic rings. The Balaban J connectivity index is 2.36. The third-order valence-corrected chi connectivity index (χ3v) is 2.24. The van der Waals surface area contributed by atoms with Crippen LogP contribution in [0.1, 0.15) is 6.92 Å². The van der Waals surface area contributed by atoms with E-state index in [1.165, 1.54) is 0 Å². The highest BCUT2D eigenvalue weighted by molar-refractivity contribution is 5.67. The summed E-state index contributed by atoms with van der Waals surface area (Å²) in [6.07, 6.45) is 3.51. The van der Waals surface area contributed by atoms with Gasteiger partial charge < -0.3 is 10.5 Å². The zero-order valence-electron chi connectivity index (χ0n) is 9.18. The second-order valence-electron chi connectivity index (χ2n) is 3.47. The molecular formula is C13H14N2O. The monoisotopic (exact) mass is 214 g/mol. The Bertz CT molecular complexity index is 483. The molecule has 0 saturated heterocycles. The van der Waals surface area contributed by atoms with Crippen molar-refractivity contribution in [3.8, 4) is 16.9 Å². The van der Waals surface area contributed by atoms with Gasteiger partial charge in [0.2, 0.25) is 0 Å². The lowest BCUT2D eigenvalue weighted by Crippen LogP contribution is -1.92. The zero-order chi connectivity index (χ0) is 11.4. The van der Waals surface area contributed by atoms with Gasteiger partial charge in [-0.2, -0.15) is 0 Å². The number of anilines is 1. The molecule has 3 nitrogen and oxygen atoms in total. The van der Waals surface area contributed by atoms with Crippen LogP contribution in [0.4, 0.5) is 5.69 Å². The van der Waals surface area contributed by atoms with Crippen molar-refractivity contribution in [2.75, 3.05) is 12.3 Å². The van der Waals surface area contributed by atoms with Crippen molar-refractivity contribution < 1.29 is 4.74 Å². The molecule has 3 heteroatoms. The quantitative estimate of drug-likeness (QED) is 0.799. The minimum Gasteiger partial charge on any atom is -0.492 e. The fourth-order valence-corrected chi connectivity index (χ4v) is 1.54. The van der Waals surface area contributed by atoms with Gasteiger partial charge in [0.15, 0.2) is 0 Å². The minimum absolute atomic E-state index is 0.641. The van der Waals surface area contributed by atoms with E-state index in [-0.39, 0.29) is 0 Å². The second kappa shape index (κ2) is 4.66. The third-order valence-electron chi connectivity index (χ3n) is 2.24. The molecule has 0 unspecified atom stereocenters. The van der Waals surface area contributed by atoms with Crippen LogP contribution in [-0.2, 0) is 0 Å². The Morgan fingerprint density at radius 3 is 2.81 bits per heavy atom. The first-order valence-corrected chi connectivity index (χ1v) is 5.23. The molecule has 0 bridgehead atoms. The number of pyridine rings is 1. The molecule has 0 radical (unpaired) electrons. The molecule has 16 heavy (non-hydrogen) atoms. The number of nitrogen functional groups attached to an aromatic ring is 1. The standard InChI is InChI=1S/C13H14N2O/c1-2-16-13-7-11(8-15-9-13)10-4-3-5-12(14)6-10/h3-9H,2,14H2,1H3. The molecule has 1 heterocycles. The van der Waals surface area contributed by atoms with Crippen molar-refractivity contribution in [1.29, 1.82) is 0 Å². The molecule has 1 aromatic carbocycles. The number of hydrogen-bond acceptors (Lipinski definition) is 3. The predicted molar refractivity (Wildman–Crippen MR) is 65.3 cm³/mol. The largest absolute Gasteiger partial charge is 0.492 e. The smallest absolute Gasteiger partial charge is 0.138 e. The van der Waals surface area contributed by atoms with E-state index in [0.717, 1.165) is 22.6 Å². The molecule has 82 valence electrons. The van der Waals surface area contributed by atoms with Crippen LogP contribution in [0.2, 0.25) is 0 Å². The number of rotatable bonds is 3. The number of benzene rings is 1. The highest BCUT2D eigenvalue weighted by atomic mass is 16.5. The number of ether oxygens (including phenoxy) is 1. The lowest BCUT2D eigenvalue weighted by molar-refractivity contribution is 0.339. The van der Waals surface area contributed by atoms with Crippen molar-refractivity contribution in [3.05, 3.63) is 42.7 Å². The molecule has 0 spiro atoms. The third kappa shape index (κ3) is 2.31. The van der Waals surface area contributed by atoms with Crippen LogP contribution in [0.15, 0.2) is 42.7 Å². The maximum absolute atomic E-state index is 5.74. The summed E-state index contributed by atoms with van der Waals surface area (Å²) >= 11 is 0. The lowest BCUT2D eigenvalue weighted by atomic mass is 10.1. The van der Waals surface area contributed by atoms with E-state index in [4.69, 9.17) is 10.5 Å². The molecular weight excluding hydrogens is 200 g/mol. The molecule has 1 aromatic heterocycles. The first-order valence-electron chi connectivity index (χ1n) is 5.23. The number of nitrogens with zero attached hydrogens (tertiary/aromatic N) is 1. The van der Waals surface area contributed by atoms with Gasteiger partial charge in [0.25, 0.3) is 0 Å². The van der Waals surface area contributed by atoms with Crippen molar-refractivity contribution in [2.45, 2.75) is 6.92 Å². The van der Waals surface area contributed by atoms with Gasteiger partial charge in [0.05, 0.1) is 12.8 Å². The molecule has 2 rings (SSSR count). The van der Waals surface area contributed by atoms with E-state index in [1.54, 1.807) is 12.4 Å². The second-order valence-corrected chi connectivity index (χ2v) is 3.47. The molecule has 2 N–H and O–H groups in total. The van der Waals surface area contributed by atoms with Gasteiger partial charge in [-0.25, -0.2) is 0 Å². The summed E-state index contributed by atoms with van der Waals surface area (Å²) in [5, 5.41) is 0. The van der Waals surface area contributed by atoms with Crippen LogP contribution in [0, 0.1) is 0 Å². The van der Waals surface area contributed by atoms with E-state index >= 15 is 0 Å². The van der Waals surface area contributed by atoms with E-state index in [0.29, 0.717) is 6.61 Å². The zero-order valence-corrected chi connectivity index (χ0v) is 9.18. The molecule has 0 saturated carbocycles. The van der Waals surface area contributed by atoms with Crippen LogP contribution in [-0.4, -0.2) is 11.6 Å². The summed E-state index contributed by atoms with van der Waals surface area (Å²) < 4.78 is 5.40. The molecule has 0 aliphatic rings. The van der Waals surface area contributed by atoms with Crippen molar-refractivity contribution in [2.24, 2.45) is 0 Å². The highest BCUT2D eigenvalue weighted by Gasteiger charge is 2.00. The Labute approximate surface area is 94.9 Å². The van der Waals surface area contributed by atoms with Gasteiger partial charge in [0, 0.05) is 17.4 Å². The average Bonchev–Trinajstić information content (AvgIpc) is 2.30. The number of aromatic nitrogens is 1. The topological polar surface area (TPSA) is 48.1 Å². The summed E-state index contributed by atoms with van der Waals surface area (Å²) in [4.78, 5) is 4.14. The van der Waals surface area contributed by atoms with Gasteiger partial charge in [-0.15, -0.1) is 0 Å². The summed E-state index contributed by atoms with van der Waals surface area (Å²) in [6, 6.07) is 9.68. The maximum atomic E-state index is 5.74. The summed E-state index contributed by atoms with van der Waals surface area (Å²) in [7, 11) is 0. The molecule has 0 amide bonds. The SMILES string of the molecule is CCOc1cncc(-c2cccc(N)c2)c1. The first-order chi connectivity index (χ1) is 7.79. The Morgan fingerprint density at radius 1 is 1.19 bits per heavy atom. The molecule has 0 aliphatic carbocycles. The van der Waals surface area contributed by atoms with Crippen LogP contribution in [0.25, 0.3) is 11.1 Å². The van der Waals surface area contributed by atoms with E-state index < -0.39 is 0 Å². The van der Waals surface area contributed by atoms with Gasteiger partial charge in [-0.05, 0) is 30.7 Å². The van der Waals surface area contributed by atoms with Crippen LogP contribution < -0.4 is 10.5 Å². The summed E-state index contributed by atoms with van der Waals surface area (Å²) in [5.74, 6) is 0.780. The fraction of sp³-hybridized carbons (Fsp3) is 0.154. The Kier molecular flexibility index (Phi) is 3.05. The van der Waals surface area contributed by atoms with Gasteiger partial charge in [0.1, 0.15) is 5.75 Å². The van der Waals surface area contributed by atoms with Crippen LogP contribution in [0.5, 0.6) is 5.75 Å². The Morgan fingerprint density at radius 2 is 2.06 bits per heavy atom. The number of nitrogens with two attached hydrogens (primary N) is 1. The number of hydrogen-bond donors (Lipinski definition) is 1. The van der Waals surface area contributed by atoms with Crippen molar-refractivity contribution >= 4 is 5.69 Å². The summed E-state index contributed by atoms with van der Waals surface area (Å²) in [5.41, 5.74) is 8.55. The maximum Gasteiger partial charge on any atom is 0.138 e. The van der Waals surface area contributed by atoms with Crippen LogP contribution in [0.3, 0.4) is 0 Å². The lowest BCUT2D eigenvalue weighted by Gasteiger charge is -2.06. The fourth-order valence-electron chi connectivity index (χ4n) is 1.54.